The molecule has 1 heterocycles. The normalized spacial score (nSPS) is 11.2. The first-order valence-corrected chi connectivity index (χ1v) is 6.70. The number of hydrogen-bond donors (Lipinski definition) is 2. The van der Waals surface area contributed by atoms with Gasteiger partial charge in [0.05, 0.1) is 0 Å². The lowest BCUT2D eigenvalue weighted by molar-refractivity contribution is 0.628. The molecule has 0 radical (unpaired) electrons. The maximum absolute atomic E-state index is 13.0. The molecular weight excluding hydrogens is 235 g/mol. The van der Waals surface area contributed by atoms with Crippen molar-refractivity contribution >= 4 is 21.4 Å². The summed E-state index contributed by atoms with van der Waals surface area (Å²) < 4.78 is 14.2. The van der Waals surface area contributed by atoms with E-state index in [-0.39, 0.29) is 5.82 Å². The Bertz CT molecular complexity index is 481. The van der Waals surface area contributed by atoms with Crippen LogP contribution in [0.3, 0.4) is 0 Å². The molecule has 0 aliphatic rings. The second-order valence-corrected chi connectivity index (χ2v) is 5.09. The van der Waals surface area contributed by atoms with E-state index in [2.05, 4.69) is 23.6 Å². The van der Waals surface area contributed by atoms with Gasteiger partial charge in [-0.25, -0.2) is 4.39 Å². The van der Waals surface area contributed by atoms with Crippen LogP contribution in [0.15, 0.2) is 24.3 Å². The highest BCUT2D eigenvalue weighted by Crippen LogP contribution is 2.25. The number of rotatable bonds is 6. The van der Waals surface area contributed by atoms with Crippen LogP contribution in [0, 0.1) is 5.82 Å². The number of likely N-dealkylation sites (N-methyl/N-ethyl adjacent to an activating group) is 1. The number of halogens is 1. The molecule has 1 aromatic heterocycles. The highest BCUT2D eigenvalue weighted by molar-refractivity contribution is 7.19. The van der Waals surface area contributed by atoms with Crippen LogP contribution in [0.5, 0.6) is 0 Å². The predicted octanol–water partition coefficient (Wildman–Crippen LogP) is 2.74. The average Bonchev–Trinajstić information content (AvgIpc) is 2.70. The second kappa shape index (κ2) is 6.10. The lowest BCUT2D eigenvalue weighted by atomic mass is 10.2. The van der Waals surface area contributed by atoms with Crippen molar-refractivity contribution in [1.82, 2.24) is 10.6 Å². The van der Waals surface area contributed by atoms with Gasteiger partial charge in [0.2, 0.25) is 0 Å². The molecule has 0 atom stereocenters. The highest BCUT2D eigenvalue weighted by atomic mass is 32.1. The van der Waals surface area contributed by atoms with E-state index in [4.69, 9.17) is 0 Å². The summed E-state index contributed by atoms with van der Waals surface area (Å²) in [5.41, 5.74) is 0. The Labute approximate surface area is 105 Å². The minimum atomic E-state index is -0.165. The number of fused-ring (bicyclic) bond motifs is 1. The van der Waals surface area contributed by atoms with E-state index >= 15 is 0 Å². The minimum absolute atomic E-state index is 0.165. The molecule has 4 heteroatoms. The van der Waals surface area contributed by atoms with Gasteiger partial charge in [0, 0.05) is 29.2 Å². The van der Waals surface area contributed by atoms with Crippen molar-refractivity contribution in [2.45, 2.75) is 13.5 Å². The van der Waals surface area contributed by atoms with Gasteiger partial charge in [0.25, 0.3) is 0 Å². The van der Waals surface area contributed by atoms with Gasteiger partial charge in [-0.1, -0.05) is 6.92 Å². The fraction of sp³-hybridized carbons (Fsp3) is 0.385. The summed E-state index contributed by atoms with van der Waals surface area (Å²) in [6.07, 6.45) is 0. The molecule has 2 rings (SSSR count). The third-order valence-corrected chi connectivity index (χ3v) is 3.67. The van der Waals surface area contributed by atoms with E-state index in [9.17, 15) is 4.39 Å². The molecule has 1 aromatic carbocycles. The maximum atomic E-state index is 13.0. The van der Waals surface area contributed by atoms with Crippen LogP contribution in [-0.4, -0.2) is 19.6 Å². The molecule has 92 valence electrons. The van der Waals surface area contributed by atoms with Crippen molar-refractivity contribution in [1.29, 1.82) is 0 Å². The SMILES string of the molecule is CCNCCNCc1cc2cc(F)ccc2s1. The molecule has 0 bridgehead atoms. The maximum Gasteiger partial charge on any atom is 0.123 e. The van der Waals surface area contributed by atoms with Crippen LogP contribution < -0.4 is 10.6 Å². The van der Waals surface area contributed by atoms with Crippen LogP contribution in [-0.2, 0) is 6.54 Å². The van der Waals surface area contributed by atoms with Crippen LogP contribution in [0.2, 0.25) is 0 Å². The zero-order chi connectivity index (χ0) is 12.1. The largest absolute Gasteiger partial charge is 0.316 e. The molecule has 0 spiro atoms. The summed E-state index contributed by atoms with van der Waals surface area (Å²) in [6, 6.07) is 7.01. The van der Waals surface area contributed by atoms with Crippen LogP contribution in [0.4, 0.5) is 4.39 Å². The lowest BCUT2D eigenvalue weighted by Crippen LogP contribution is -2.26. The number of thiophene rings is 1. The Morgan fingerprint density at radius 1 is 1.18 bits per heavy atom. The Morgan fingerprint density at radius 2 is 2.00 bits per heavy atom. The predicted molar refractivity (Wildman–Crippen MR) is 72.0 cm³/mol. The van der Waals surface area contributed by atoms with Gasteiger partial charge >= 0.3 is 0 Å². The fourth-order valence-corrected chi connectivity index (χ4v) is 2.74. The second-order valence-electron chi connectivity index (χ2n) is 3.93. The molecule has 0 amide bonds. The Balaban J connectivity index is 1.91. The van der Waals surface area contributed by atoms with Gasteiger partial charge in [-0.2, -0.15) is 0 Å². The third kappa shape index (κ3) is 3.49. The number of benzene rings is 1. The van der Waals surface area contributed by atoms with Gasteiger partial charge in [-0.3, -0.25) is 0 Å². The third-order valence-electron chi connectivity index (χ3n) is 2.56. The number of hydrogen-bond acceptors (Lipinski definition) is 3. The Kier molecular flexibility index (Phi) is 4.48. The first-order chi connectivity index (χ1) is 8.29. The van der Waals surface area contributed by atoms with E-state index in [1.807, 2.05) is 6.07 Å². The molecule has 0 aliphatic carbocycles. The molecule has 17 heavy (non-hydrogen) atoms. The summed E-state index contributed by atoms with van der Waals surface area (Å²) in [4.78, 5) is 1.25. The molecule has 0 saturated heterocycles. The Morgan fingerprint density at radius 3 is 2.82 bits per heavy atom. The summed E-state index contributed by atoms with van der Waals surface area (Å²) in [5.74, 6) is -0.165. The quantitative estimate of drug-likeness (QED) is 0.772. The van der Waals surface area contributed by atoms with Crippen LogP contribution in [0.1, 0.15) is 11.8 Å². The van der Waals surface area contributed by atoms with Crippen LogP contribution in [0.25, 0.3) is 10.1 Å². The smallest absolute Gasteiger partial charge is 0.123 e. The zero-order valence-corrected chi connectivity index (χ0v) is 10.7. The molecule has 0 saturated carbocycles. The summed E-state index contributed by atoms with van der Waals surface area (Å²) in [6.45, 7) is 5.89. The van der Waals surface area contributed by atoms with Crippen molar-refractivity contribution in [3.05, 3.63) is 35.0 Å². The van der Waals surface area contributed by atoms with E-state index in [1.165, 1.54) is 10.9 Å². The molecule has 2 N–H and O–H groups in total. The van der Waals surface area contributed by atoms with Crippen molar-refractivity contribution < 1.29 is 4.39 Å². The van der Waals surface area contributed by atoms with E-state index in [0.717, 1.165) is 36.3 Å². The first kappa shape index (κ1) is 12.5. The summed E-state index contributed by atoms with van der Waals surface area (Å²) in [7, 11) is 0. The van der Waals surface area contributed by atoms with Gasteiger partial charge in [-0.15, -0.1) is 11.3 Å². The molecule has 0 aliphatic heterocycles. The monoisotopic (exact) mass is 252 g/mol. The Hall–Kier alpha value is -0.970. The van der Waals surface area contributed by atoms with Gasteiger partial charge in [0.1, 0.15) is 5.82 Å². The highest BCUT2D eigenvalue weighted by Gasteiger charge is 2.02. The number of nitrogens with one attached hydrogen (secondary N) is 2. The van der Waals surface area contributed by atoms with Crippen LogP contribution >= 0.6 is 11.3 Å². The molecule has 0 unspecified atom stereocenters. The van der Waals surface area contributed by atoms with Crippen molar-refractivity contribution in [2.24, 2.45) is 0 Å². The fourth-order valence-electron chi connectivity index (χ4n) is 1.72. The van der Waals surface area contributed by atoms with E-state index in [1.54, 1.807) is 17.4 Å². The molecule has 2 nitrogen and oxygen atoms in total. The van der Waals surface area contributed by atoms with Crippen molar-refractivity contribution in [3.63, 3.8) is 0 Å². The van der Waals surface area contributed by atoms with Gasteiger partial charge < -0.3 is 10.6 Å². The zero-order valence-electron chi connectivity index (χ0n) is 9.92. The molecule has 0 fully saturated rings. The van der Waals surface area contributed by atoms with Gasteiger partial charge in [-0.05, 0) is 36.2 Å². The average molecular weight is 252 g/mol. The summed E-state index contributed by atoms with van der Waals surface area (Å²) in [5, 5.41) is 7.62. The summed E-state index contributed by atoms with van der Waals surface area (Å²) >= 11 is 1.72. The van der Waals surface area contributed by atoms with E-state index in [0.29, 0.717) is 0 Å². The lowest BCUT2D eigenvalue weighted by Gasteiger charge is -2.02. The van der Waals surface area contributed by atoms with Crippen molar-refractivity contribution in [3.8, 4) is 0 Å². The standard InChI is InChI=1S/C13H17FN2S/c1-2-15-5-6-16-9-12-8-10-7-11(14)3-4-13(10)17-12/h3-4,7-8,15-16H,2,5-6,9H2,1H3. The molecule has 2 aromatic rings. The minimum Gasteiger partial charge on any atom is -0.316 e. The van der Waals surface area contributed by atoms with E-state index < -0.39 is 0 Å². The van der Waals surface area contributed by atoms with Crippen molar-refractivity contribution in [2.75, 3.05) is 19.6 Å². The molecular formula is C13H17FN2S. The van der Waals surface area contributed by atoms with Gasteiger partial charge in [0.15, 0.2) is 0 Å². The topological polar surface area (TPSA) is 24.1 Å². The first-order valence-electron chi connectivity index (χ1n) is 5.89.